The van der Waals surface area contributed by atoms with E-state index in [0.717, 1.165) is 39.1 Å². The summed E-state index contributed by atoms with van der Waals surface area (Å²) in [5.74, 6) is 1.39. The van der Waals surface area contributed by atoms with Crippen molar-refractivity contribution >= 4 is 5.95 Å². The summed E-state index contributed by atoms with van der Waals surface area (Å²) in [6.45, 7) is 4.82. The summed E-state index contributed by atoms with van der Waals surface area (Å²) in [5, 5.41) is 7.45. The maximum Gasteiger partial charge on any atom is 0.266 e. The van der Waals surface area contributed by atoms with Crippen molar-refractivity contribution in [3.8, 4) is 0 Å². The van der Waals surface area contributed by atoms with Crippen LogP contribution in [-0.2, 0) is 4.74 Å². The number of hydrogen-bond acceptors (Lipinski definition) is 7. The molecule has 2 aliphatic heterocycles. The van der Waals surface area contributed by atoms with Crippen LogP contribution in [0, 0.1) is 0 Å². The maximum atomic E-state index is 5.39. The lowest BCUT2D eigenvalue weighted by Crippen LogP contribution is -2.44. The van der Waals surface area contributed by atoms with Crippen molar-refractivity contribution in [2.24, 2.45) is 0 Å². The highest BCUT2D eigenvalue weighted by Crippen LogP contribution is 2.25. The van der Waals surface area contributed by atoms with E-state index in [1.807, 2.05) is 0 Å². The Balaban J connectivity index is 1.63. The quantitative estimate of drug-likeness (QED) is 0.818. The third-order valence-electron chi connectivity index (χ3n) is 3.94. The van der Waals surface area contributed by atoms with Crippen molar-refractivity contribution in [3.63, 3.8) is 0 Å². The summed E-state index contributed by atoms with van der Waals surface area (Å²) in [7, 11) is 3.87. The van der Waals surface area contributed by atoms with Gasteiger partial charge >= 0.3 is 0 Å². The molecule has 106 valence electrons. The zero-order chi connectivity index (χ0) is 13.2. The third kappa shape index (κ3) is 2.72. The molecular formula is C12H21N5O2. The minimum absolute atomic E-state index is 0.124. The molecule has 0 amide bonds. The molecule has 1 aromatic rings. The predicted molar refractivity (Wildman–Crippen MR) is 70.2 cm³/mol. The normalized spacial score (nSPS) is 29.1. The summed E-state index contributed by atoms with van der Waals surface area (Å²) in [6, 6.07) is 0.124. The molecular weight excluding hydrogens is 246 g/mol. The van der Waals surface area contributed by atoms with Crippen LogP contribution >= 0.6 is 0 Å². The molecule has 0 spiro atoms. The van der Waals surface area contributed by atoms with Gasteiger partial charge in [-0.15, -0.1) is 0 Å². The van der Waals surface area contributed by atoms with Crippen LogP contribution in [-0.4, -0.2) is 68.0 Å². The molecule has 0 saturated carbocycles. The van der Waals surface area contributed by atoms with Crippen molar-refractivity contribution in [2.45, 2.75) is 18.6 Å². The van der Waals surface area contributed by atoms with Gasteiger partial charge in [-0.3, -0.25) is 0 Å². The highest BCUT2D eigenvalue weighted by Gasteiger charge is 2.30. The molecule has 2 fully saturated rings. The van der Waals surface area contributed by atoms with Crippen LogP contribution in [0.4, 0.5) is 5.95 Å². The summed E-state index contributed by atoms with van der Waals surface area (Å²) in [4.78, 5) is 9.00. The number of ether oxygens (including phenoxy) is 1. The van der Waals surface area contributed by atoms with Crippen LogP contribution < -0.4 is 10.2 Å². The van der Waals surface area contributed by atoms with E-state index in [2.05, 4.69) is 32.3 Å². The largest absolute Gasteiger partial charge is 0.380 e. The van der Waals surface area contributed by atoms with Crippen molar-refractivity contribution in [3.05, 3.63) is 5.89 Å². The van der Waals surface area contributed by atoms with Crippen LogP contribution in [0.3, 0.4) is 0 Å². The first kappa shape index (κ1) is 12.8. The molecule has 2 atom stereocenters. The molecule has 0 bridgehead atoms. The number of likely N-dealkylation sites (N-methyl/N-ethyl adjacent to an activating group) is 1. The molecule has 0 radical (unpaired) electrons. The van der Waals surface area contributed by atoms with Gasteiger partial charge in [0.2, 0.25) is 5.89 Å². The molecule has 3 rings (SSSR count). The first-order chi connectivity index (χ1) is 9.26. The van der Waals surface area contributed by atoms with Crippen LogP contribution in [0.5, 0.6) is 0 Å². The fourth-order valence-electron chi connectivity index (χ4n) is 2.57. The maximum absolute atomic E-state index is 5.39. The molecule has 2 aliphatic rings. The number of rotatable bonds is 3. The van der Waals surface area contributed by atoms with Gasteiger partial charge in [0.25, 0.3) is 5.95 Å². The van der Waals surface area contributed by atoms with E-state index >= 15 is 0 Å². The van der Waals surface area contributed by atoms with Crippen molar-refractivity contribution in [1.82, 2.24) is 20.4 Å². The minimum atomic E-state index is 0.124. The summed E-state index contributed by atoms with van der Waals surface area (Å²) < 4.78 is 10.7. The van der Waals surface area contributed by atoms with Gasteiger partial charge in [0, 0.05) is 39.8 Å². The number of nitrogens with zero attached hydrogens (tertiary/aromatic N) is 4. The zero-order valence-corrected chi connectivity index (χ0v) is 11.5. The van der Waals surface area contributed by atoms with Crippen LogP contribution in [0.2, 0.25) is 0 Å². The molecule has 3 heterocycles. The lowest BCUT2D eigenvalue weighted by molar-refractivity contribution is 0.116. The number of piperazine rings is 1. The zero-order valence-electron chi connectivity index (χ0n) is 11.5. The number of anilines is 1. The summed E-state index contributed by atoms with van der Waals surface area (Å²) in [6.07, 6.45) is 1.13. The van der Waals surface area contributed by atoms with E-state index in [1.54, 1.807) is 7.11 Å². The second-order valence-electron chi connectivity index (χ2n) is 5.28. The average Bonchev–Trinajstić information content (AvgIpc) is 3.08. The topological polar surface area (TPSA) is 66.7 Å². The number of nitrogens with one attached hydrogen (secondary N) is 1. The van der Waals surface area contributed by atoms with Crippen molar-refractivity contribution in [1.29, 1.82) is 0 Å². The standard InChI is InChI=1S/C12H21N5O2/c1-16-3-5-17(6-4-16)12-14-11(19-15-12)10-7-9(18-2)8-13-10/h9-10,13H,3-8H2,1-2H3. The Kier molecular flexibility index (Phi) is 3.67. The SMILES string of the molecule is COC1CNC(c2nc(N3CCN(C)CC3)no2)C1. The predicted octanol–water partition coefficient (Wildman–Crippen LogP) is -0.129. The van der Waals surface area contributed by atoms with Gasteiger partial charge in [0.1, 0.15) is 0 Å². The van der Waals surface area contributed by atoms with Gasteiger partial charge in [-0.05, 0) is 18.6 Å². The van der Waals surface area contributed by atoms with Gasteiger partial charge in [-0.2, -0.15) is 4.98 Å². The summed E-state index contributed by atoms with van der Waals surface area (Å²) >= 11 is 0. The fourth-order valence-corrected chi connectivity index (χ4v) is 2.57. The Morgan fingerprint density at radius 1 is 1.32 bits per heavy atom. The van der Waals surface area contributed by atoms with Crippen LogP contribution in [0.1, 0.15) is 18.4 Å². The second-order valence-corrected chi connectivity index (χ2v) is 5.28. The van der Waals surface area contributed by atoms with Gasteiger partial charge in [0.15, 0.2) is 0 Å². The van der Waals surface area contributed by atoms with Crippen molar-refractivity contribution < 1.29 is 9.26 Å². The highest BCUT2D eigenvalue weighted by molar-refractivity contribution is 5.29. The molecule has 7 heteroatoms. The van der Waals surface area contributed by atoms with Crippen LogP contribution in [0.25, 0.3) is 0 Å². The van der Waals surface area contributed by atoms with E-state index in [1.165, 1.54) is 0 Å². The number of methoxy groups -OCH3 is 1. The van der Waals surface area contributed by atoms with E-state index in [9.17, 15) is 0 Å². The van der Waals surface area contributed by atoms with Gasteiger partial charge in [0.05, 0.1) is 12.1 Å². The van der Waals surface area contributed by atoms with Crippen molar-refractivity contribution in [2.75, 3.05) is 51.8 Å². The van der Waals surface area contributed by atoms with Crippen LogP contribution in [0.15, 0.2) is 4.52 Å². The number of aromatic nitrogens is 2. The van der Waals surface area contributed by atoms with Gasteiger partial charge < -0.3 is 24.4 Å². The Morgan fingerprint density at radius 3 is 2.79 bits per heavy atom. The summed E-state index contributed by atoms with van der Waals surface area (Å²) in [5.41, 5.74) is 0. The Bertz CT molecular complexity index is 400. The lowest BCUT2D eigenvalue weighted by atomic mass is 10.2. The smallest absolute Gasteiger partial charge is 0.266 e. The van der Waals surface area contributed by atoms with E-state index in [4.69, 9.17) is 9.26 Å². The van der Waals surface area contributed by atoms with Gasteiger partial charge in [-0.25, -0.2) is 0 Å². The molecule has 0 aromatic carbocycles. The molecule has 1 aromatic heterocycles. The minimum Gasteiger partial charge on any atom is -0.380 e. The van der Waals surface area contributed by atoms with Gasteiger partial charge in [-0.1, -0.05) is 0 Å². The molecule has 19 heavy (non-hydrogen) atoms. The Labute approximate surface area is 112 Å². The lowest BCUT2D eigenvalue weighted by Gasteiger charge is -2.31. The molecule has 2 saturated heterocycles. The van der Waals surface area contributed by atoms with E-state index in [-0.39, 0.29) is 12.1 Å². The third-order valence-corrected chi connectivity index (χ3v) is 3.94. The van der Waals surface area contributed by atoms with E-state index in [0.29, 0.717) is 11.8 Å². The second kappa shape index (κ2) is 5.44. The first-order valence-electron chi connectivity index (χ1n) is 6.79. The Hall–Kier alpha value is -1.18. The van der Waals surface area contributed by atoms with E-state index < -0.39 is 0 Å². The first-order valence-corrected chi connectivity index (χ1v) is 6.79. The number of hydrogen-bond donors (Lipinski definition) is 1. The average molecular weight is 267 g/mol. The fraction of sp³-hybridized carbons (Fsp3) is 0.833. The monoisotopic (exact) mass is 267 g/mol. The molecule has 7 nitrogen and oxygen atoms in total. The molecule has 2 unspecified atom stereocenters. The molecule has 0 aliphatic carbocycles. The molecule has 1 N–H and O–H groups in total. The highest BCUT2D eigenvalue weighted by atomic mass is 16.5. The Morgan fingerprint density at radius 2 is 2.11 bits per heavy atom.